The van der Waals surface area contributed by atoms with Gasteiger partial charge in [-0.05, 0) is 52.6 Å². The minimum absolute atomic E-state index is 0.0411. The van der Waals surface area contributed by atoms with Crippen molar-refractivity contribution in [3.63, 3.8) is 0 Å². The lowest BCUT2D eigenvalue weighted by Crippen LogP contribution is -2.37. The van der Waals surface area contributed by atoms with Crippen LogP contribution in [0.5, 0.6) is 0 Å². The summed E-state index contributed by atoms with van der Waals surface area (Å²) in [6.07, 6.45) is -1.86. The van der Waals surface area contributed by atoms with Gasteiger partial charge in [-0.15, -0.1) is 5.48 Å². The quantitative estimate of drug-likeness (QED) is 0.416. The summed E-state index contributed by atoms with van der Waals surface area (Å²) in [6.45, 7) is 0. The molecule has 1 atom stereocenters. The van der Waals surface area contributed by atoms with Crippen molar-refractivity contribution in [1.82, 2.24) is 5.48 Å². The number of carbonyl (C=O) groups is 2. The Balaban J connectivity index is 1.70. The first-order valence-electron chi connectivity index (χ1n) is 10.7. The number of alkyl halides is 3. The molecule has 0 spiro atoms. The molecule has 1 aliphatic rings. The average Bonchev–Trinajstić information content (AvgIpc) is 3.34. The summed E-state index contributed by atoms with van der Waals surface area (Å²) in [7, 11) is 0. The maximum atomic E-state index is 13.8. The molecular formula is C26H21F3N2O4. The molecule has 0 aliphatic carbocycles. The van der Waals surface area contributed by atoms with Crippen molar-refractivity contribution in [2.24, 2.45) is 0 Å². The molecule has 0 radical (unpaired) electrons. The second kappa shape index (κ2) is 9.63. The highest BCUT2D eigenvalue weighted by molar-refractivity contribution is 5.92. The standard InChI is InChI=1S/C26H21F3N2O4/c27-26(28,29)22-11-8-19(16-21(22)17-4-2-1-3-5-17)25(14-15-35-31-25)18-6-9-20(10-7-18)30-23(32)12-13-24(33)34/h1-11,14-16,31H,12-13H2,(H,30,32)(H,33,34). The van der Waals surface area contributed by atoms with Gasteiger partial charge in [0.05, 0.1) is 12.0 Å². The van der Waals surface area contributed by atoms with Gasteiger partial charge < -0.3 is 15.3 Å². The fraction of sp³-hybridized carbons (Fsp3) is 0.154. The molecule has 3 N–H and O–H groups in total. The van der Waals surface area contributed by atoms with E-state index in [4.69, 9.17) is 9.94 Å². The Bertz CT molecular complexity index is 1260. The van der Waals surface area contributed by atoms with Crippen molar-refractivity contribution in [3.05, 3.63) is 102 Å². The van der Waals surface area contributed by atoms with Crippen LogP contribution in [-0.4, -0.2) is 17.0 Å². The van der Waals surface area contributed by atoms with Gasteiger partial charge in [-0.2, -0.15) is 13.2 Å². The summed E-state index contributed by atoms with van der Waals surface area (Å²) in [6, 6.07) is 19.0. The van der Waals surface area contributed by atoms with E-state index in [2.05, 4.69) is 10.8 Å². The van der Waals surface area contributed by atoms with Gasteiger partial charge in [0.15, 0.2) is 0 Å². The van der Waals surface area contributed by atoms with Crippen LogP contribution < -0.4 is 10.8 Å². The van der Waals surface area contributed by atoms with Crippen molar-refractivity contribution in [1.29, 1.82) is 0 Å². The zero-order valence-corrected chi connectivity index (χ0v) is 18.3. The number of aliphatic carboxylic acids is 1. The Morgan fingerprint density at radius 1 is 0.943 bits per heavy atom. The number of rotatable bonds is 7. The van der Waals surface area contributed by atoms with Crippen LogP contribution in [0.25, 0.3) is 11.1 Å². The smallest absolute Gasteiger partial charge is 0.417 e. The maximum absolute atomic E-state index is 13.8. The van der Waals surface area contributed by atoms with E-state index in [1.807, 2.05) is 0 Å². The SMILES string of the molecule is O=C(O)CCC(=O)Nc1ccc(C2(c3ccc(C(F)(F)F)c(-c4ccccc4)c3)C=CON2)cc1. The maximum Gasteiger partial charge on any atom is 0.417 e. The first-order chi connectivity index (χ1) is 16.7. The lowest BCUT2D eigenvalue weighted by atomic mass is 9.81. The van der Waals surface area contributed by atoms with Crippen molar-refractivity contribution in [3.8, 4) is 11.1 Å². The van der Waals surface area contributed by atoms with E-state index < -0.39 is 29.2 Å². The number of hydrogen-bond acceptors (Lipinski definition) is 4. The van der Waals surface area contributed by atoms with E-state index in [0.717, 1.165) is 6.07 Å². The average molecular weight is 482 g/mol. The number of halogens is 3. The molecular weight excluding hydrogens is 461 g/mol. The highest BCUT2D eigenvalue weighted by Gasteiger charge is 2.39. The van der Waals surface area contributed by atoms with E-state index in [-0.39, 0.29) is 18.4 Å². The number of hydroxylamine groups is 1. The summed E-state index contributed by atoms with van der Waals surface area (Å²) in [5, 5.41) is 11.3. The van der Waals surface area contributed by atoms with Gasteiger partial charge in [-0.25, -0.2) is 0 Å². The summed E-state index contributed by atoms with van der Waals surface area (Å²) in [5.74, 6) is -1.50. The summed E-state index contributed by atoms with van der Waals surface area (Å²) >= 11 is 0. The Morgan fingerprint density at radius 2 is 1.63 bits per heavy atom. The molecule has 1 heterocycles. The van der Waals surface area contributed by atoms with Crippen molar-refractivity contribution >= 4 is 17.6 Å². The van der Waals surface area contributed by atoms with E-state index in [0.29, 0.717) is 22.4 Å². The highest BCUT2D eigenvalue weighted by atomic mass is 19.4. The number of benzene rings is 3. The van der Waals surface area contributed by atoms with Crippen molar-refractivity contribution in [2.75, 3.05) is 5.32 Å². The fourth-order valence-corrected chi connectivity index (χ4v) is 3.93. The number of nitrogens with one attached hydrogen (secondary N) is 2. The van der Waals surface area contributed by atoms with E-state index >= 15 is 0 Å². The zero-order valence-electron chi connectivity index (χ0n) is 18.3. The van der Waals surface area contributed by atoms with E-state index in [9.17, 15) is 22.8 Å². The summed E-state index contributed by atoms with van der Waals surface area (Å²) in [4.78, 5) is 27.8. The third kappa shape index (κ3) is 5.20. The Morgan fingerprint density at radius 3 is 2.23 bits per heavy atom. The van der Waals surface area contributed by atoms with Gasteiger partial charge in [0.1, 0.15) is 11.8 Å². The number of carbonyl (C=O) groups excluding carboxylic acids is 1. The summed E-state index contributed by atoms with van der Waals surface area (Å²) in [5.41, 5.74) is 3.19. The molecule has 1 amide bonds. The van der Waals surface area contributed by atoms with Crippen LogP contribution in [0.1, 0.15) is 29.5 Å². The minimum Gasteiger partial charge on any atom is -0.481 e. The second-order valence-electron chi connectivity index (χ2n) is 7.97. The van der Waals surface area contributed by atoms with E-state index in [1.54, 1.807) is 60.7 Å². The van der Waals surface area contributed by atoms with Gasteiger partial charge in [-0.3, -0.25) is 9.59 Å². The predicted molar refractivity (Wildman–Crippen MR) is 123 cm³/mol. The van der Waals surface area contributed by atoms with Crippen LogP contribution in [0, 0.1) is 0 Å². The molecule has 1 unspecified atom stereocenters. The molecule has 3 aromatic carbocycles. The molecule has 35 heavy (non-hydrogen) atoms. The van der Waals surface area contributed by atoms with Crippen LogP contribution in [0.3, 0.4) is 0 Å². The lowest BCUT2D eigenvalue weighted by molar-refractivity contribution is -0.138. The normalized spacial score (nSPS) is 17.1. The molecule has 0 saturated heterocycles. The van der Waals surface area contributed by atoms with Crippen LogP contribution in [0.4, 0.5) is 18.9 Å². The number of anilines is 1. The van der Waals surface area contributed by atoms with Crippen molar-refractivity contribution < 1.29 is 32.7 Å². The number of amides is 1. The molecule has 4 rings (SSSR count). The Labute approximate surface area is 199 Å². The Kier molecular flexibility index (Phi) is 6.61. The van der Waals surface area contributed by atoms with Gasteiger partial charge in [0.2, 0.25) is 5.91 Å². The molecule has 0 fully saturated rings. The third-order valence-corrected chi connectivity index (χ3v) is 5.66. The molecule has 180 valence electrons. The lowest BCUT2D eigenvalue weighted by Gasteiger charge is -2.29. The highest BCUT2D eigenvalue weighted by Crippen LogP contribution is 2.42. The number of hydrogen-bond donors (Lipinski definition) is 3. The molecule has 6 nitrogen and oxygen atoms in total. The van der Waals surface area contributed by atoms with Gasteiger partial charge in [-0.1, -0.05) is 48.5 Å². The topological polar surface area (TPSA) is 87.7 Å². The monoisotopic (exact) mass is 482 g/mol. The molecule has 3 aromatic rings. The van der Waals surface area contributed by atoms with Crippen LogP contribution in [0.2, 0.25) is 0 Å². The number of carboxylic acids is 1. The molecule has 0 bridgehead atoms. The largest absolute Gasteiger partial charge is 0.481 e. The minimum atomic E-state index is -4.53. The fourth-order valence-electron chi connectivity index (χ4n) is 3.93. The van der Waals surface area contributed by atoms with Crippen LogP contribution in [0.15, 0.2) is 85.1 Å². The van der Waals surface area contributed by atoms with Crippen molar-refractivity contribution in [2.45, 2.75) is 24.6 Å². The first kappa shape index (κ1) is 24.0. The molecule has 0 aromatic heterocycles. The second-order valence-corrected chi connectivity index (χ2v) is 7.97. The molecule has 1 aliphatic heterocycles. The first-order valence-corrected chi connectivity index (χ1v) is 10.7. The van der Waals surface area contributed by atoms with Crippen LogP contribution >= 0.6 is 0 Å². The third-order valence-electron chi connectivity index (χ3n) is 5.66. The molecule has 0 saturated carbocycles. The predicted octanol–water partition coefficient (Wildman–Crippen LogP) is 5.47. The van der Waals surface area contributed by atoms with Gasteiger partial charge in [0, 0.05) is 12.1 Å². The van der Waals surface area contributed by atoms with Gasteiger partial charge >= 0.3 is 12.1 Å². The summed E-state index contributed by atoms with van der Waals surface area (Å²) < 4.78 is 41.4. The van der Waals surface area contributed by atoms with Crippen LogP contribution in [-0.2, 0) is 26.1 Å². The number of carboxylic acid groups (broad SMARTS) is 1. The van der Waals surface area contributed by atoms with Gasteiger partial charge in [0.25, 0.3) is 0 Å². The molecule has 9 heteroatoms. The Hall–Kier alpha value is -4.11. The zero-order chi connectivity index (χ0) is 25.1. The van der Waals surface area contributed by atoms with E-state index in [1.165, 1.54) is 18.4 Å².